The molecule has 0 aromatic carbocycles. The van der Waals surface area contributed by atoms with Crippen molar-refractivity contribution >= 4 is 15.5 Å². The fourth-order valence-corrected chi connectivity index (χ4v) is 1.95. The fraction of sp³-hybridized carbons (Fsp3) is 0.375. The smallest absolute Gasteiger partial charge is 0.177 e. The van der Waals surface area contributed by atoms with Crippen molar-refractivity contribution in [3.63, 3.8) is 0 Å². The number of hydrogen-bond donors (Lipinski definition) is 0. The predicted molar refractivity (Wildman–Crippen MR) is 51.7 cm³/mol. The first kappa shape index (κ1) is 9.98. The third-order valence-electron chi connectivity index (χ3n) is 1.64. The molecule has 0 radical (unpaired) electrons. The zero-order chi connectivity index (χ0) is 10.1. The van der Waals surface area contributed by atoms with Crippen molar-refractivity contribution in [1.82, 2.24) is 4.98 Å². The Labute approximate surface area is 78.1 Å². The molecule has 1 rings (SSSR count). The summed E-state index contributed by atoms with van der Waals surface area (Å²) in [4.78, 5) is 5.91. The second kappa shape index (κ2) is 3.33. The van der Waals surface area contributed by atoms with Crippen LogP contribution in [0, 0.1) is 0 Å². The lowest BCUT2D eigenvalue weighted by Crippen LogP contribution is -2.13. The molecule has 1 aromatic rings. The topological polar surface area (TPSA) is 50.3 Å². The molecule has 0 bridgehead atoms. The fourth-order valence-electron chi connectivity index (χ4n) is 1.02. The summed E-state index contributed by atoms with van der Waals surface area (Å²) < 4.78 is 22.6. The monoisotopic (exact) mass is 200 g/mol. The van der Waals surface area contributed by atoms with Crippen LogP contribution in [0.5, 0.6) is 0 Å². The minimum atomic E-state index is -3.16. The normalized spacial score (nSPS) is 11.3. The third kappa shape index (κ3) is 2.18. The summed E-state index contributed by atoms with van der Waals surface area (Å²) in [5, 5.41) is 0. The standard InChI is InChI=1S/C8H12N2O2S/c1-10(2)7-6-9-5-4-8(7)13(3,11)12/h4-6H,1-3H3. The van der Waals surface area contributed by atoms with Gasteiger partial charge in [-0.2, -0.15) is 0 Å². The highest BCUT2D eigenvalue weighted by molar-refractivity contribution is 7.90. The summed E-state index contributed by atoms with van der Waals surface area (Å²) in [6, 6.07) is 1.50. The van der Waals surface area contributed by atoms with Crippen LogP contribution in [-0.4, -0.2) is 33.8 Å². The van der Waals surface area contributed by atoms with Gasteiger partial charge in [0.2, 0.25) is 0 Å². The largest absolute Gasteiger partial charge is 0.375 e. The number of rotatable bonds is 2. The minimum Gasteiger partial charge on any atom is -0.375 e. The van der Waals surface area contributed by atoms with E-state index in [9.17, 15) is 8.42 Å². The summed E-state index contributed by atoms with van der Waals surface area (Å²) in [7, 11) is 0.407. The zero-order valence-corrected chi connectivity index (χ0v) is 8.67. The minimum absolute atomic E-state index is 0.313. The van der Waals surface area contributed by atoms with Gasteiger partial charge in [-0.3, -0.25) is 4.98 Å². The van der Waals surface area contributed by atoms with Crippen LogP contribution in [0.3, 0.4) is 0 Å². The van der Waals surface area contributed by atoms with E-state index in [-0.39, 0.29) is 0 Å². The Hall–Kier alpha value is -1.10. The molecular formula is C8H12N2O2S. The molecule has 0 aliphatic carbocycles. The van der Waals surface area contributed by atoms with Crippen molar-refractivity contribution in [2.75, 3.05) is 25.3 Å². The number of anilines is 1. The second-order valence-corrected chi connectivity index (χ2v) is 4.99. The summed E-state index contributed by atoms with van der Waals surface area (Å²) in [5.41, 5.74) is 0.616. The van der Waals surface area contributed by atoms with Gasteiger partial charge in [0.25, 0.3) is 0 Å². The van der Waals surface area contributed by atoms with Gasteiger partial charge in [-0.05, 0) is 6.07 Å². The van der Waals surface area contributed by atoms with Crippen molar-refractivity contribution in [3.05, 3.63) is 18.5 Å². The molecule has 0 amide bonds. The molecule has 5 heteroatoms. The molecule has 0 unspecified atom stereocenters. The van der Waals surface area contributed by atoms with Gasteiger partial charge in [-0.25, -0.2) is 8.42 Å². The molecule has 1 heterocycles. The van der Waals surface area contributed by atoms with Crippen molar-refractivity contribution in [2.45, 2.75) is 4.90 Å². The highest BCUT2D eigenvalue weighted by Gasteiger charge is 2.13. The molecular weight excluding hydrogens is 188 g/mol. The molecule has 0 saturated heterocycles. The lowest BCUT2D eigenvalue weighted by molar-refractivity contribution is 0.601. The Balaban J connectivity index is 3.37. The van der Waals surface area contributed by atoms with Gasteiger partial charge < -0.3 is 4.90 Å². The van der Waals surface area contributed by atoms with Crippen molar-refractivity contribution < 1.29 is 8.42 Å². The third-order valence-corrected chi connectivity index (χ3v) is 2.79. The maximum absolute atomic E-state index is 11.3. The van der Waals surface area contributed by atoms with E-state index in [2.05, 4.69) is 4.98 Å². The summed E-state index contributed by atoms with van der Waals surface area (Å²) in [6.45, 7) is 0. The Bertz CT molecular complexity index is 398. The Morgan fingerprint density at radius 3 is 2.38 bits per heavy atom. The maximum atomic E-state index is 11.3. The first-order valence-corrected chi connectivity index (χ1v) is 5.63. The number of hydrogen-bond acceptors (Lipinski definition) is 4. The van der Waals surface area contributed by atoms with Crippen molar-refractivity contribution in [2.24, 2.45) is 0 Å². The maximum Gasteiger partial charge on any atom is 0.177 e. The van der Waals surface area contributed by atoms with E-state index in [1.807, 2.05) is 0 Å². The van der Waals surface area contributed by atoms with Gasteiger partial charge in [-0.15, -0.1) is 0 Å². The second-order valence-electron chi connectivity index (χ2n) is 3.01. The van der Waals surface area contributed by atoms with E-state index >= 15 is 0 Å². The van der Waals surface area contributed by atoms with Gasteiger partial charge in [0.05, 0.1) is 16.8 Å². The first-order chi connectivity index (χ1) is 5.93. The molecule has 0 saturated carbocycles. The van der Waals surface area contributed by atoms with Gasteiger partial charge in [0.1, 0.15) is 0 Å². The highest BCUT2D eigenvalue weighted by atomic mass is 32.2. The van der Waals surface area contributed by atoms with Crippen molar-refractivity contribution in [1.29, 1.82) is 0 Å². The van der Waals surface area contributed by atoms with Crippen LogP contribution in [0.1, 0.15) is 0 Å². The molecule has 72 valence electrons. The SMILES string of the molecule is CN(C)c1cnccc1S(C)(=O)=O. The number of pyridine rings is 1. The summed E-state index contributed by atoms with van der Waals surface area (Å²) in [6.07, 6.45) is 4.20. The van der Waals surface area contributed by atoms with Gasteiger partial charge in [0.15, 0.2) is 9.84 Å². The average Bonchev–Trinajstić information content (AvgIpc) is 2.03. The van der Waals surface area contributed by atoms with E-state index in [0.717, 1.165) is 0 Å². The Morgan fingerprint density at radius 2 is 2.00 bits per heavy atom. The van der Waals surface area contributed by atoms with Crippen LogP contribution in [0.15, 0.2) is 23.4 Å². The van der Waals surface area contributed by atoms with E-state index in [0.29, 0.717) is 10.6 Å². The van der Waals surface area contributed by atoms with Crippen LogP contribution in [-0.2, 0) is 9.84 Å². The van der Waals surface area contributed by atoms with Gasteiger partial charge in [0, 0.05) is 26.5 Å². The molecule has 4 nitrogen and oxygen atoms in total. The van der Waals surface area contributed by atoms with Crippen LogP contribution >= 0.6 is 0 Å². The van der Waals surface area contributed by atoms with E-state index in [1.165, 1.54) is 24.7 Å². The summed E-state index contributed by atoms with van der Waals surface area (Å²) >= 11 is 0. The molecule has 13 heavy (non-hydrogen) atoms. The van der Waals surface area contributed by atoms with Gasteiger partial charge >= 0.3 is 0 Å². The lowest BCUT2D eigenvalue weighted by atomic mass is 10.4. The summed E-state index contributed by atoms with van der Waals surface area (Å²) in [5.74, 6) is 0. The number of aromatic nitrogens is 1. The molecule has 0 aliphatic heterocycles. The van der Waals surface area contributed by atoms with Gasteiger partial charge in [-0.1, -0.05) is 0 Å². The van der Waals surface area contributed by atoms with Crippen LogP contribution in [0.2, 0.25) is 0 Å². The van der Waals surface area contributed by atoms with E-state index < -0.39 is 9.84 Å². The van der Waals surface area contributed by atoms with E-state index in [4.69, 9.17) is 0 Å². The average molecular weight is 200 g/mol. The predicted octanol–water partition coefficient (Wildman–Crippen LogP) is 0.551. The highest BCUT2D eigenvalue weighted by Crippen LogP contribution is 2.21. The van der Waals surface area contributed by atoms with Crippen LogP contribution in [0.25, 0.3) is 0 Å². The van der Waals surface area contributed by atoms with E-state index in [1.54, 1.807) is 19.0 Å². The molecule has 0 aliphatic rings. The quantitative estimate of drug-likeness (QED) is 0.699. The molecule has 1 aromatic heterocycles. The number of nitrogens with zero attached hydrogens (tertiary/aromatic N) is 2. The Morgan fingerprint density at radius 1 is 1.38 bits per heavy atom. The lowest BCUT2D eigenvalue weighted by Gasteiger charge is -2.14. The van der Waals surface area contributed by atoms with Crippen LogP contribution < -0.4 is 4.90 Å². The molecule has 0 N–H and O–H groups in total. The number of sulfone groups is 1. The molecule has 0 fully saturated rings. The molecule has 0 atom stereocenters. The molecule has 0 spiro atoms. The Kier molecular flexibility index (Phi) is 2.56. The first-order valence-electron chi connectivity index (χ1n) is 3.74. The van der Waals surface area contributed by atoms with Crippen molar-refractivity contribution in [3.8, 4) is 0 Å². The zero-order valence-electron chi connectivity index (χ0n) is 7.85. The van der Waals surface area contributed by atoms with Crippen LogP contribution in [0.4, 0.5) is 5.69 Å².